The molecule has 4 N–H and O–H groups in total. The monoisotopic (exact) mass is 256 g/mol. The van der Waals surface area contributed by atoms with Crippen LogP contribution >= 0.6 is 0 Å². The van der Waals surface area contributed by atoms with Gasteiger partial charge in [-0.15, -0.1) is 0 Å². The Hall–Kier alpha value is -1.10. The molecule has 1 rings (SSSR count). The second kappa shape index (κ2) is 6.18. The van der Waals surface area contributed by atoms with Crippen LogP contribution in [0, 0.1) is 11.3 Å². The van der Waals surface area contributed by atoms with E-state index in [1.54, 1.807) is 0 Å². The highest BCUT2D eigenvalue weighted by atomic mass is 16.4. The molecular weight excluding hydrogens is 232 g/mol. The van der Waals surface area contributed by atoms with E-state index < -0.39 is 17.3 Å². The summed E-state index contributed by atoms with van der Waals surface area (Å²) in [6, 6.07) is -0.237. The van der Waals surface area contributed by atoms with E-state index in [-0.39, 0.29) is 11.9 Å². The third-order valence-electron chi connectivity index (χ3n) is 4.38. The quantitative estimate of drug-likeness (QED) is 0.664. The molecule has 1 aliphatic rings. The van der Waals surface area contributed by atoms with Gasteiger partial charge in [-0.3, -0.25) is 9.59 Å². The highest BCUT2D eigenvalue weighted by molar-refractivity contribution is 5.84. The van der Waals surface area contributed by atoms with Crippen molar-refractivity contribution in [3.05, 3.63) is 0 Å². The van der Waals surface area contributed by atoms with E-state index in [2.05, 4.69) is 5.32 Å². The topological polar surface area (TPSA) is 92.4 Å². The van der Waals surface area contributed by atoms with E-state index in [0.29, 0.717) is 25.8 Å². The average molecular weight is 256 g/mol. The number of aliphatic carboxylic acids is 1. The molecule has 18 heavy (non-hydrogen) atoms. The van der Waals surface area contributed by atoms with Gasteiger partial charge in [0.1, 0.15) is 0 Å². The first-order valence-electron chi connectivity index (χ1n) is 6.74. The largest absolute Gasteiger partial charge is 0.481 e. The molecule has 1 aliphatic carbocycles. The van der Waals surface area contributed by atoms with E-state index >= 15 is 0 Å². The van der Waals surface area contributed by atoms with Crippen molar-refractivity contribution in [3.8, 4) is 0 Å². The predicted octanol–water partition coefficient (Wildman–Crippen LogP) is 1.12. The number of carbonyl (C=O) groups is 2. The number of hydrogen-bond acceptors (Lipinski definition) is 3. The van der Waals surface area contributed by atoms with Crippen molar-refractivity contribution in [1.29, 1.82) is 0 Å². The Kier molecular flexibility index (Phi) is 5.14. The molecule has 2 atom stereocenters. The Morgan fingerprint density at radius 3 is 2.39 bits per heavy atom. The number of nitrogens with one attached hydrogen (secondary N) is 1. The molecule has 5 nitrogen and oxygen atoms in total. The maximum Gasteiger partial charge on any atom is 0.308 e. The van der Waals surface area contributed by atoms with Gasteiger partial charge in [0.2, 0.25) is 5.91 Å². The van der Waals surface area contributed by atoms with Crippen molar-refractivity contribution >= 4 is 11.9 Å². The Labute approximate surface area is 108 Å². The first-order valence-corrected chi connectivity index (χ1v) is 6.74. The van der Waals surface area contributed by atoms with Gasteiger partial charge in [-0.05, 0) is 25.7 Å². The standard InChI is InChI=1S/C13H24N2O3/c1-3-13(4-2,8-14)12(18)15-10-7-5-6-9(10)11(16)17/h9-10H,3-8,14H2,1-2H3,(H,15,18)(H,16,17). The molecule has 0 spiro atoms. The van der Waals surface area contributed by atoms with Crippen LogP contribution in [0.15, 0.2) is 0 Å². The SMILES string of the molecule is CCC(CC)(CN)C(=O)NC1CCCC1C(=O)O. The molecular formula is C13H24N2O3. The van der Waals surface area contributed by atoms with Crippen molar-refractivity contribution in [1.82, 2.24) is 5.32 Å². The molecule has 0 radical (unpaired) electrons. The molecule has 0 aliphatic heterocycles. The molecule has 0 saturated heterocycles. The van der Waals surface area contributed by atoms with Gasteiger partial charge in [-0.2, -0.15) is 0 Å². The summed E-state index contributed by atoms with van der Waals surface area (Å²) in [5.41, 5.74) is 5.17. The predicted molar refractivity (Wildman–Crippen MR) is 69.0 cm³/mol. The Balaban J connectivity index is 2.71. The highest BCUT2D eigenvalue weighted by Crippen LogP contribution is 2.29. The summed E-state index contributed by atoms with van der Waals surface area (Å²) in [6.07, 6.45) is 3.60. The summed E-state index contributed by atoms with van der Waals surface area (Å²) >= 11 is 0. The number of nitrogens with two attached hydrogens (primary N) is 1. The van der Waals surface area contributed by atoms with E-state index in [0.717, 1.165) is 12.8 Å². The van der Waals surface area contributed by atoms with E-state index in [4.69, 9.17) is 10.8 Å². The summed E-state index contributed by atoms with van der Waals surface area (Å²) in [5, 5.41) is 12.0. The maximum atomic E-state index is 12.3. The fourth-order valence-electron chi connectivity index (χ4n) is 2.70. The van der Waals surface area contributed by atoms with Crippen LogP contribution in [0.5, 0.6) is 0 Å². The second-order valence-electron chi connectivity index (χ2n) is 5.15. The third kappa shape index (κ3) is 2.83. The second-order valence-corrected chi connectivity index (χ2v) is 5.15. The van der Waals surface area contributed by atoms with Gasteiger partial charge < -0.3 is 16.2 Å². The summed E-state index contributed by atoms with van der Waals surface area (Å²) in [6.45, 7) is 4.19. The van der Waals surface area contributed by atoms with Crippen molar-refractivity contribution in [3.63, 3.8) is 0 Å². The Morgan fingerprint density at radius 1 is 1.33 bits per heavy atom. The zero-order valence-corrected chi connectivity index (χ0v) is 11.2. The normalized spacial score (nSPS) is 23.9. The van der Waals surface area contributed by atoms with Crippen LogP contribution in [0.4, 0.5) is 0 Å². The van der Waals surface area contributed by atoms with Crippen molar-refractivity contribution in [2.75, 3.05) is 6.54 Å². The first-order chi connectivity index (χ1) is 8.50. The molecule has 1 fully saturated rings. The summed E-state index contributed by atoms with van der Waals surface area (Å²) in [5.74, 6) is -1.35. The lowest BCUT2D eigenvalue weighted by Gasteiger charge is -2.31. The van der Waals surface area contributed by atoms with E-state index in [1.807, 2.05) is 13.8 Å². The van der Waals surface area contributed by atoms with Crippen molar-refractivity contribution < 1.29 is 14.7 Å². The maximum absolute atomic E-state index is 12.3. The van der Waals surface area contributed by atoms with Gasteiger partial charge in [0.25, 0.3) is 0 Å². The molecule has 0 aromatic heterocycles. The number of carboxylic acid groups (broad SMARTS) is 1. The fourth-order valence-corrected chi connectivity index (χ4v) is 2.70. The third-order valence-corrected chi connectivity index (χ3v) is 4.38. The lowest BCUT2D eigenvalue weighted by Crippen LogP contribution is -2.50. The van der Waals surface area contributed by atoms with E-state index in [1.165, 1.54) is 0 Å². The first kappa shape index (κ1) is 15.0. The van der Waals surface area contributed by atoms with Gasteiger partial charge in [0.05, 0.1) is 11.3 Å². The van der Waals surface area contributed by atoms with Gasteiger partial charge >= 0.3 is 5.97 Å². The van der Waals surface area contributed by atoms with Crippen LogP contribution in [0.3, 0.4) is 0 Å². The minimum Gasteiger partial charge on any atom is -0.481 e. The number of carbonyl (C=O) groups excluding carboxylic acids is 1. The Morgan fingerprint density at radius 2 is 1.94 bits per heavy atom. The smallest absolute Gasteiger partial charge is 0.308 e. The van der Waals surface area contributed by atoms with Crippen LogP contribution in [-0.4, -0.2) is 29.6 Å². The number of carboxylic acids is 1. The summed E-state index contributed by atoms with van der Waals surface area (Å²) in [7, 11) is 0. The minimum atomic E-state index is -0.816. The molecule has 1 amide bonds. The minimum absolute atomic E-state index is 0.0897. The summed E-state index contributed by atoms with van der Waals surface area (Å²) < 4.78 is 0. The number of hydrogen-bond donors (Lipinski definition) is 3. The van der Waals surface area contributed by atoms with Crippen molar-refractivity contribution in [2.24, 2.45) is 17.1 Å². The molecule has 0 aromatic rings. The molecule has 5 heteroatoms. The average Bonchev–Trinajstić information content (AvgIpc) is 2.80. The van der Waals surface area contributed by atoms with Crippen LogP contribution in [0.1, 0.15) is 46.0 Å². The van der Waals surface area contributed by atoms with Gasteiger partial charge in [0.15, 0.2) is 0 Å². The van der Waals surface area contributed by atoms with Crippen LogP contribution in [-0.2, 0) is 9.59 Å². The molecule has 0 bridgehead atoms. The molecule has 2 unspecified atom stereocenters. The van der Waals surface area contributed by atoms with Gasteiger partial charge in [0, 0.05) is 12.6 Å². The molecule has 104 valence electrons. The zero-order chi connectivity index (χ0) is 13.8. The van der Waals surface area contributed by atoms with Gasteiger partial charge in [-0.25, -0.2) is 0 Å². The highest BCUT2D eigenvalue weighted by Gasteiger charge is 2.39. The number of rotatable bonds is 6. The molecule has 0 aromatic carbocycles. The van der Waals surface area contributed by atoms with Gasteiger partial charge in [-0.1, -0.05) is 20.3 Å². The summed E-state index contributed by atoms with van der Waals surface area (Å²) in [4.78, 5) is 23.4. The molecule has 1 saturated carbocycles. The Bertz CT molecular complexity index is 305. The molecule has 0 heterocycles. The fraction of sp³-hybridized carbons (Fsp3) is 0.846. The van der Waals surface area contributed by atoms with Crippen molar-refractivity contribution in [2.45, 2.75) is 52.0 Å². The van der Waals surface area contributed by atoms with Crippen LogP contribution in [0.25, 0.3) is 0 Å². The lowest BCUT2D eigenvalue weighted by molar-refractivity contribution is -0.142. The lowest BCUT2D eigenvalue weighted by atomic mass is 9.81. The zero-order valence-electron chi connectivity index (χ0n) is 11.2. The van der Waals surface area contributed by atoms with Crippen LogP contribution in [0.2, 0.25) is 0 Å². The van der Waals surface area contributed by atoms with Crippen LogP contribution < -0.4 is 11.1 Å². The number of amides is 1. The van der Waals surface area contributed by atoms with E-state index in [9.17, 15) is 9.59 Å².